The number of nitrogens with zero attached hydrogens (tertiary/aromatic N) is 3. The summed E-state index contributed by atoms with van der Waals surface area (Å²) in [4.78, 5) is 32.8. The lowest BCUT2D eigenvalue weighted by Crippen LogP contribution is -2.60. The van der Waals surface area contributed by atoms with E-state index in [0.717, 1.165) is 43.1 Å². The van der Waals surface area contributed by atoms with Crippen LogP contribution in [0.3, 0.4) is 0 Å². The fourth-order valence-corrected chi connectivity index (χ4v) is 6.95. The third-order valence-corrected chi connectivity index (χ3v) is 8.20. The molecule has 4 aliphatic heterocycles. The van der Waals surface area contributed by atoms with E-state index in [2.05, 4.69) is 15.9 Å². The zero-order valence-electron chi connectivity index (χ0n) is 17.6. The fraction of sp³-hybridized carbons (Fsp3) is 0.600. The highest BCUT2D eigenvalue weighted by Gasteiger charge is 2.47. The van der Waals surface area contributed by atoms with Crippen LogP contribution in [0.25, 0.3) is 0 Å². The average molecular weight is 406 g/mol. The Bertz CT molecular complexity index is 909. The maximum absolute atomic E-state index is 13.4. The van der Waals surface area contributed by atoms with Gasteiger partial charge in [0.05, 0.1) is 6.04 Å². The van der Waals surface area contributed by atoms with E-state index in [1.807, 2.05) is 24.3 Å². The van der Waals surface area contributed by atoms with Crippen LogP contribution in [-0.4, -0.2) is 64.8 Å². The molecule has 0 radical (unpaired) electrons. The largest absolute Gasteiger partial charge is 0.334 e. The number of hydrogen-bond donors (Lipinski definition) is 0. The fourth-order valence-electron chi connectivity index (χ4n) is 6.95. The molecule has 0 aromatic heterocycles. The minimum atomic E-state index is 0.00394. The van der Waals surface area contributed by atoms with Gasteiger partial charge in [-0.05, 0) is 62.1 Å². The van der Waals surface area contributed by atoms with Crippen molar-refractivity contribution in [2.75, 3.05) is 26.2 Å². The molecule has 1 aromatic rings. The molecule has 30 heavy (non-hydrogen) atoms. The minimum Gasteiger partial charge on any atom is -0.334 e. The number of amides is 2. The molecule has 5 heteroatoms. The Labute approximate surface area is 178 Å². The van der Waals surface area contributed by atoms with Crippen molar-refractivity contribution in [3.8, 4) is 0 Å². The van der Waals surface area contributed by atoms with Crippen molar-refractivity contribution in [2.45, 2.75) is 57.2 Å². The molecule has 6 rings (SSSR count). The van der Waals surface area contributed by atoms with E-state index in [-0.39, 0.29) is 24.4 Å². The zero-order valence-corrected chi connectivity index (χ0v) is 17.6. The van der Waals surface area contributed by atoms with Gasteiger partial charge in [-0.1, -0.05) is 36.3 Å². The maximum atomic E-state index is 13.4. The van der Waals surface area contributed by atoms with Crippen LogP contribution in [0, 0.1) is 11.8 Å². The Balaban J connectivity index is 1.22. The zero-order chi connectivity index (χ0) is 20.2. The topological polar surface area (TPSA) is 43.9 Å². The normalized spacial score (nSPS) is 32.9. The molecule has 3 fully saturated rings. The predicted octanol–water partition coefficient (Wildman–Crippen LogP) is 3.06. The van der Waals surface area contributed by atoms with Crippen LogP contribution in [0.2, 0.25) is 0 Å². The van der Waals surface area contributed by atoms with Crippen molar-refractivity contribution in [1.82, 2.24) is 14.7 Å². The number of carbonyl (C=O) groups is 2. The molecule has 2 bridgehead atoms. The third kappa shape index (κ3) is 2.93. The Hall–Kier alpha value is -2.14. The molecule has 1 aromatic carbocycles. The quantitative estimate of drug-likeness (QED) is 0.711. The second-order valence-electron chi connectivity index (χ2n) is 9.91. The van der Waals surface area contributed by atoms with Crippen LogP contribution in [0.4, 0.5) is 0 Å². The SMILES string of the molecule is O=C1c2ccccc2CN1CC(=O)N1CCCC2=CC3CC(CN4CCCCC34)C21. The lowest BCUT2D eigenvalue weighted by Gasteiger charge is -2.54. The summed E-state index contributed by atoms with van der Waals surface area (Å²) in [7, 11) is 0. The molecule has 5 aliphatic rings. The smallest absolute Gasteiger partial charge is 0.254 e. The van der Waals surface area contributed by atoms with Gasteiger partial charge in [-0.15, -0.1) is 0 Å². The van der Waals surface area contributed by atoms with Gasteiger partial charge >= 0.3 is 0 Å². The molecule has 4 atom stereocenters. The van der Waals surface area contributed by atoms with Gasteiger partial charge in [0.25, 0.3) is 5.91 Å². The molecule has 0 spiro atoms. The van der Waals surface area contributed by atoms with Gasteiger partial charge in [0.15, 0.2) is 0 Å². The van der Waals surface area contributed by atoms with Crippen LogP contribution < -0.4 is 0 Å². The van der Waals surface area contributed by atoms with E-state index in [9.17, 15) is 9.59 Å². The molecule has 4 unspecified atom stereocenters. The van der Waals surface area contributed by atoms with Gasteiger partial charge in [-0.25, -0.2) is 0 Å². The Morgan fingerprint density at radius 1 is 1.10 bits per heavy atom. The number of rotatable bonds is 2. The van der Waals surface area contributed by atoms with E-state index < -0.39 is 0 Å². The minimum absolute atomic E-state index is 0.00394. The molecule has 4 heterocycles. The van der Waals surface area contributed by atoms with Crippen molar-refractivity contribution in [3.05, 3.63) is 47.0 Å². The Kier molecular flexibility index (Phi) is 4.48. The van der Waals surface area contributed by atoms with E-state index in [1.165, 1.54) is 37.8 Å². The summed E-state index contributed by atoms with van der Waals surface area (Å²) in [6, 6.07) is 8.73. The first-order valence-corrected chi connectivity index (χ1v) is 11.8. The van der Waals surface area contributed by atoms with E-state index in [1.54, 1.807) is 4.90 Å². The first-order valence-electron chi connectivity index (χ1n) is 11.8. The summed E-state index contributed by atoms with van der Waals surface area (Å²) in [6.45, 7) is 3.96. The van der Waals surface area contributed by atoms with Crippen molar-refractivity contribution in [3.63, 3.8) is 0 Å². The second-order valence-corrected chi connectivity index (χ2v) is 9.91. The summed E-state index contributed by atoms with van der Waals surface area (Å²) in [5, 5.41) is 0. The van der Waals surface area contributed by atoms with Crippen LogP contribution in [0.15, 0.2) is 35.9 Å². The van der Waals surface area contributed by atoms with E-state index in [4.69, 9.17) is 0 Å². The van der Waals surface area contributed by atoms with Crippen LogP contribution in [-0.2, 0) is 11.3 Å². The monoisotopic (exact) mass is 405 g/mol. The molecule has 5 nitrogen and oxygen atoms in total. The first kappa shape index (κ1) is 18.6. The Morgan fingerprint density at radius 3 is 2.90 bits per heavy atom. The van der Waals surface area contributed by atoms with Crippen LogP contribution in [0.1, 0.15) is 54.4 Å². The maximum Gasteiger partial charge on any atom is 0.254 e. The average Bonchev–Trinajstić information content (AvgIpc) is 3.09. The number of piperidine rings is 3. The van der Waals surface area contributed by atoms with Gasteiger partial charge in [-0.2, -0.15) is 0 Å². The molecule has 158 valence electrons. The van der Waals surface area contributed by atoms with Crippen molar-refractivity contribution < 1.29 is 9.59 Å². The molecular formula is C25H31N3O2. The van der Waals surface area contributed by atoms with Crippen molar-refractivity contribution in [2.24, 2.45) is 11.8 Å². The lowest BCUT2D eigenvalue weighted by molar-refractivity contribution is -0.137. The number of carbonyl (C=O) groups excluding carboxylic acids is 2. The molecule has 2 amide bonds. The first-order chi connectivity index (χ1) is 14.7. The highest BCUT2D eigenvalue weighted by atomic mass is 16.2. The predicted molar refractivity (Wildman–Crippen MR) is 115 cm³/mol. The number of benzene rings is 1. The highest BCUT2D eigenvalue weighted by Crippen LogP contribution is 2.45. The number of hydrogen-bond acceptors (Lipinski definition) is 3. The molecule has 0 N–H and O–H groups in total. The summed E-state index contributed by atoms with van der Waals surface area (Å²) in [6.07, 6.45) is 10.0. The molecule has 3 saturated heterocycles. The number of likely N-dealkylation sites (tertiary alicyclic amines) is 1. The van der Waals surface area contributed by atoms with Crippen molar-refractivity contribution >= 4 is 11.8 Å². The lowest BCUT2D eigenvalue weighted by atomic mass is 9.68. The van der Waals surface area contributed by atoms with Gasteiger partial charge in [-0.3, -0.25) is 14.5 Å². The Morgan fingerprint density at radius 2 is 2.00 bits per heavy atom. The second kappa shape index (κ2) is 7.23. The molecule has 0 saturated carbocycles. The van der Waals surface area contributed by atoms with E-state index in [0.29, 0.717) is 18.4 Å². The van der Waals surface area contributed by atoms with Crippen LogP contribution >= 0.6 is 0 Å². The molecular weight excluding hydrogens is 374 g/mol. The number of fused-ring (bicyclic) bond motifs is 7. The third-order valence-electron chi connectivity index (χ3n) is 8.20. The standard InChI is InChI=1S/C25H31N3O2/c29-23(16-27-14-18-6-1-2-8-21(18)25(27)30)28-11-5-7-17-12-19-13-20(24(17)28)15-26-10-4-3-9-22(19)26/h1-2,6,8,12,19-20,22,24H,3-5,7,9-11,13-16H2. The van der Waals surface area contributed by atoms with Gasteiger partial charge in [0.2, 0.25) is 5.91 Å². The van der Waals surface area contributed by atoms with Gasteiger partial charge < -0.3 is 9.80 Å². The summed E-state index contributed by atoms with van der Waals surface area (Å²) >= 11 is 0. The summed E-state index contributed by atoms with van der Waals surface area (Å²) < 4.78 is 0. The van der Waals surface area contributed by atoms with E-state index >= 15 is 0 Å². The summed E-state index contributed by atoms with van der Waals surface area (Å²) in [5.74, 6) is 1.37. The van der Waals surface area contributed by atoms with Gasteiger partial charge in [0.1, 0.15) is 6.54 Å². The highest BCUT2D eigenvalue weighted by molar-refractivity contribution is 6.00. The summed E-state index contributed by atoms with van der Waals surface area (Å²) in [5.41, 5.74) is 3.31. The molecule has 1 aliphatic carbocycles. The van der Waals surface area contributed by atoms with Gasteiger partial charge in [0, 0.05) is 31.2 Å². The van der Waals surface area contributed by atoms with Crippen LogP contribution in [0.5, 0.6) is 0 Å². The van der Waals surface area contributed by atoms with Crippen molar-refractivity contribution in [1.29, 1.82) is 0 Å².